The van der Waals surface area contributed by atoms with Gasteiger partial charge in [0.25, 0.3) is 0 Å². The Balaban J connectivity index is 2.07. The second-order valence-corrected chi connectivity index (χ2v) is 4.62. The van der Waals surface area contributed by atoms with Crippen molar-refractivity contribution in [1.29, 1.82) is 0 Å². The number of hydrogen-bond acceptors (Lipinski definition) is 3. The Morgan fingerprint density at radius 1 is 1.30 bits per heavy atom. The van der Waals surface area contributed by atoms with Crippen molar-refractivity contribution in [1.82, 2.24) is 4.90 Å². The first-order chi connectivity index (χ1) is 9.47. The quantitative estimate of drug-likeness (QED) is 0.805. The van der Waals surface area contributed by atoms with Crippen molar-refractivity contribution in [3.8, 4) is 0 Å². The molecule has 1 aliphatic rings. The molecule has 1 heterocycles. The van der Waals surface area contributed by atoms with E-state index in [0.717, 1.165) is 4.90 Å². The minimum Gasteiger partial charge on any atom is -0.480 e. The number of β-amino-alcohol motifs (C(OH)–C–C–N with tert-alkyl or cyclic N) is 1. The van der Waals surface area contributed by atoms with Gasteiger partial charge in [-0.2, -0.15) is 0 Å². The molecule has 0 spiro atoms. The van der Waals surface area contributed by atoms with Gasteiger partial charge in [-0.3, -0.25) is 4.79 Å². The third kappa shape index (κ3) is 3.21. The van der Waals surface area contributed by atoms with Crippen LogP contribution in [-0.4, -0.2) is 45.7 Å². The van der Waals surface area contributed by atoms with Gasteiger partial charge in [0.1, 0.15) is 11.9 Å². The summed E-state index contributed by atoms with van der Waals surface area (Å²) in [6.45, 7) is 0.00353. The third-order valence-corrected chi connectivity index (χ3v) is 3.14. The molecule has 2 N–H and O–H groups in total. The van der Waals surface area contributed by atoms with Crippen molar-refractivity contribution in [3.05, 3.63) is 41.7 Å². The number of nitrogens with zero attached hydrogens (tertiary/aromatic N) is 1. The van der Waals surface area contributed by atoms with Gasteiger partial charge in [0, 0.05) is 19.0 Å². The summed E-state index contributed by atoms with van der Waals surface area (Å²) in [5.41, 5.74) is 0.631. The van der Waals surface area contributed by atoms with E-state index in [1.54, 1.807) is 0 Å². The number of aliphatic carboxylic acids is 1. The Bertz CT molecular complexity index is 541. The van der Waals surface area contributed by atoms with Gasteiger partial charge in [0.15, 0.2) is 0 Å². The normalized spacial score (nSPS) is 22.4. The van der Waals surface area contributed by atoms with Crippen molar-refractivity contribution in [2.75, 3.05) is 6.54 Å². The number of hydrogen-bond donors (Lipinski definition) is 2. The highest BCUT2D eigenvalue weighted by Crippen LogP contribution is 2.19. The molecule has 1 amide bonds. The zero-order valence-corrected chi connectivity index (χ0v) is 10.6. The van der Waals surface area contributed by atoms with Gasteiger partial charge in [-0.05, 0) is 23.8 Å². The molecule has 1 aliphatic heterocycles. The molecule has 106 valence electrons. The summed E-state index contributed by atoms with van der Waals surface area (Å²) in [6, 6.07) is 4.54. The van der Waals surface area contributed by atoms with Gasteiger partial charge >= 0.3 is 5.97 Å². The summed E-state index contributed by atoms with van der Waals surface area (Å²) >= 11 is 0. The number of aliphatic hydroxyl groups excluding tert-OH is 1. The van der Waals surface area contributed by atoms with Crippen LogP contribution in [0.4, 0.5) is 4.39 Å². The Morgan fingerprint density at radius 3 is 2.55 bits per heavy atom. The molecule has 0 aromatic heterocycles. The molecule has 6 heteroatoms. The van der Waals surface area contributed by atoms with Crippen LogP contribution >= 0.6 is 0 Å². The predicted octanol–water partition coefficient (Wildman–Crippen LogP) is 0.885. The van der Waals surface area contributed by atoms with E-state index in [-0.39, 0.29) is 18.8 Å². The minimum absolute atomic E-state index is 0.00353. The van der Waals surface area contributed by atoms with Gasteiger partial charge in [-0.15, -0.1) is 0 Å². The number of aliphatic hydroxyl groups is 1. The second kappa shape index (κ2) is 5.83. The highest BCUT2D eigenvalue weighted by Gasteiger charge is 2.37. The highest BCUT2D eigenvalue weighted by atomic mass is 19.1. The lowest BCUT2D eigenvalue weighted by atomic mass is 10.2. The lowest BCUT2D eigenvalue weighted by molar-refractivity contribution is -0.146. The summed E-state index contributed by atoms with van der Waals surface area (Å²) in [6.07, 6.45) is 1.91. The summed E-state index contributed by atoms with van der Waals surface area (Å²) < 4.78 is 12.7. The van der Waals surface area contributed by atoms with Crippen LogP contribution < -0.4 is 0 Å². The highest BCUT2D eigenvalue weighted by molar-refractivity contribution is 5.94. The fourth-order valence-corrected chi connectivity index (χ4v) is 2.13. The molecule has 1 fully saturated rings. The Kier molecular flexibility index (Phi) is 4.14. The molecule has 0 aliphatic carbocycles. The number of carboxylic acids is 1. The standard InChI is InChI=1S/C14H14FNO4/c15-10-4-1-9(2-5-10)3-6-13(18)16-8-11(17)7-12(16)14(19)20/h1-6,11-12,17H,7-8H2,(H,19,20)/b6-3+/t11-,12+/m0/s1. The summed E-state index contributed by atoms with van der Waals surface area (Å²) in [5.74, 6) is -1.99. The SMILES string of the molecule is O=C(O)[C@H]1C[C@H](O)CN1C(=O)/C=C/c1ccc(F)cc1. The van der Waals surface area contributed by atoms with E-state index in [4.69, 9.17) is 5.11 Å². The first kappa shape index (κ1) is 14.2. The van der Waals surface area contributed by atoms with E-state index < -0.39 is 24.0 Å². The molecule has 0 unspecified atom stereocenters. The fourth-order valence-electron chi connectivity index (χ4n) is 2.13. The molecular weight excluding hydrogens is 265 g/mol. The zero-order valence-electron chi connectivity index (χ0n) is 10.6. The number of carbonyl (C=O) groups is 2. The molecule has 0 bridgehead atoms. The van der Waals surface area contributed by atoms with Crippen molar-refractivity contribution >= 4 is 18.0 Å². The molecule has 0 radical (unpaired) electrons. The maximum atomic E-state index is 12.7. The van der Waals surface area contributed by atoms with Crippen LogP contribution in [-0.2, 0) is 9.59 Å². The van der Waals surface area contributed by atoms with Crippen molar-refractivity contribution < 1.29 is 24.2 Å². The number of halogens is 1. The average molecular weight is 279 g/mol. The molecule has 20 heavy (non-hydrogen) atoms. The van der Waals surface area contributed by atoms with Gasteiger partial charge in [-0.25, -0.2) is 9.18 Å². The molecule has 0 saturated carbocycles. The van der Waals surface area contributed by atoms with Crippen molar-refractivity contribution in [2.45, 2.75) is 18.6 Å². The lowest BCUT2D eigenvalue weighted by Gasteiger charge is -2.19. The predicted molar refractivity (Wildman–Crippen MR) is 69.2 cm³/mol. The van der Waals surface area contributed by atoms with E-state index in [9.17, 15) is 19.1 Å². The molecule has 5 nitrogen and oxygen atoms in total. The third-order valence-electron chi connectivity index (χ3n) is 3.14. The van der Waals surface area contributed by atoms with E-state index >= 15 is 0 Å². The molecule has 1 saturated heterocycles. The van der Waals surface area contributed by atoms with E-state index in [2.05, 4.69) is 0 Å². The van der Waals surface area contributed by atoms with E-state index in [1.165, 1.54) is 36.4 Å². The van der Waals surface area contributed by atoms with E-state index in [0.29, 0.717) is 5.56 Å². The number of carboxylic acid groups (broad SMARTS) is 1. The van der Waals surface area contributed by atoms with Crippen LogP contribution in [0.25, 0.3) is 6.08 Å². The lowest BCUT2D eigenvalue weighted by Crippen LogP contribution is -2.39. The number of benzene rings is 1. The molecule has 1 aromatic rings. The van der Waals surface area contributed by atoms with Crippen LogP contribution in [0.3, 0.4) is 0 Å². The van der Waals surface area contributed by atoms with E-state index in [1.807, 2.05) is 0 Å². The Morgan fingerprint density at radius 2 is 1.95 bits per heavy atom. The molecule has 2 rings (SSSR count). The van der Waals surface area contributed by atoms with Gasteiger partial charge in [0.2, 0.25) is 5.91 Å². The Hall–Kier alpha value is -2.21. The number of carbonyl (C=O) groups excluding carboxylic acids is 1. The molecule has 2 atom stereocenters. The van der Waals surface area contributed by atoms with Crippen LogP contribution in [0.2, 0.25) is 0 Å². The topological polar surface area (TPSA) is 77.8 Å². The molecule has 1 aromatic carbocycles. The first-order valence-corrected chi connectivity index (χ1v) is 6.12. The summed E-state index contributed by atoms with van der Waals surface area (Å²) in [5, 5.41) is 18.5. The monoisotopic (exact) mass is 279 g/mol. The number of rotatable bonds is 3. The summed E-state index contributed by atoms with van der Waals surface area (Å²) in [7, 11) is 0. The molecular formula is C14H14FNO4. The fraction of sp³-hybridized carbons (Fsp3) is 0.286. The van der Waals surface area contributed by atoms with Crippen LogP contribution in [0.15, 0.2) is 30.3 Å². The van der Waals surface area contributed by atoms with Gasteiger partial charge in [0.05, 0.1) is 6.10 Å². The number of likely N-dealkylation sites (tertiary alicyclic amines) is 1. The Labute approximate surface area is 114 Å². The van der Waals surface area contributed by atoms with Crippen LogP contribution in [0.1, 0.15) is 12.0 Å². The zero-order chi connectivity index (χ0) is 14.7. The number of amides is 1. The van der Waals surface area contributed by atoms with Gasteiger partial charge < -0.3 is 15.1 Å². The maximum absolute atomic E-state index is 12.7. The largest absolute Gasteiger partial charge is 0.480 e. The summed E-state index contributed by atoms with van der Waals surface area (Å²) in [4.78, 5) is 24.1. The second-order valence-electron chi connectivity index (χ2n) is 4.62. The van der Waals surface area contributed by atoms with Crippen molar-refractivity contribution in [3.63, 3.8) is 0 Å². The first-order valence-electron chi connectivity index (χ1n) is 6.12. The average Bonchev–Trinajstić information content (AvgIpc) is 2.80. The maximum Gasteiger partial charge on any atom is 0.326 e. The van der Waals surface area contributed by atoms with Crippen LogP contribution in [0, 0.1) is 5.82 Å². The van der Waals surface area contributed by atoms with Crippen molar-refractivity contribution in [2.24, 2.45) is 0 Å². The minimum atomic E-state index is -1.13. The van der Waals surface area contributed by atoms with Crippen LogP contribution in [0.5, 0.6) is 0 Å². The van der Waals surface area contributed by atoms with Gasteiger partial charge in [-0.1, -0.05) is 12.1 Å². The smallest absolute Gasteiger partial charge is 0.326 e.